The van der Waals surface area contributed by atoms with E-state index in [9.17, 15) is 13.6 Å². The Balaban J connectivity index is 2.08. The number of aliphatic hydroxyl groups excluding tert-OH is 1. The second kappa shape index (κ2) is 5.06. The van der Waals surface area contributed by atoms with E-state index in [1.165, 1.54) is 6.07 Å². The summed E-state index contributed by atoms with van der Waals surface area (Å²) in [7, 11) is 0. The lowest BCUT2D eigenvalue weighted by Crippen LogP contribution is -2.03. The van der Waals surface area contributed by atoms with E-state index in [1.807, 2.05) is 0 Å². The first-order valence-electron chi connectivity index (χ1n) is 6.18. The van der Waals surface area contributed by atoms with Gasteiger partial charge in [0, 0.05) is 11.1 Å². The fraction of sp³-hybridized carbons (Fsp3) is 0.0667. The molecule has 0 spiro atoms. The van der Waals surface area contributed by atoms with Crippen LogP contribution in [0.15, 0.2) is 36.4 Å². The standard InChI is InChI=1S/C15H10F2N2O2/c16-10-3-1-9(5-11(10)17)15-18-12-4-2-8(14(21)7-20)6-13(12)19-15/h1-6,20H,7H2,(H,18,19). The summed E-state index contributed by atoms with van der Waals surface area (Å²) in [6.07, 6.45) is 0. The number of nitrogens with zero attached hydrogens (tertiary/aromatic N) is 1. The first kappa shape index (κ1) is 13.4. The maximum absolute atomic E-state index is 13.2. The van der Waals surface area contributed by atoms with Crippen LogP contribution < -0.4 is 0 Å². The molecule has 0 aliphatic carbocycles. The van der Waals surface area contributed by atoms with Gasteiger partial charge in [0.15, 0.2) is 17.4 Å². The van der Waals surface area contributed by atoms with Gasteiger partial charge in [-0.05, 0) is 36.4 Å². The predicted octanol–water partition coefficient (Wildman–Crippen LogP) is 2.68. The summed E-state index contributed by atoms with van der Waals surface area (Å²) in [6, 6.07) is 8.22. The number of fused-ring (bicyclic) bond motifs is 1. The number of hydrogen-bond acceptors (Lipinski definition) is 3. The van der Waals surface area contributed by atoms with Crippen LogP contribution in [0.1, 0.15) is 10.4 Å². The van der Waals surface area contributed by atoms with Crippen molar-refractivity contribution in [3.8, 4) is 11.4 Å². The molecule has 0 unspecified atom stereocenters. The van der Waals surface area contributed by atoms with E-state index in [1.54, 1.807) is 18.2 Å². The normalized spacial score (nSPS) is 11.0. The summed E-state index contributed by atoms with van der Waals surface area (Å²) in [6.45, 7) is -0.574. The van der Waals surface area contributed by atoms with E-state index in [2.05, 4.69) is 9.97 Å². The predicted molar refractivity (Wildman–Crippen MR) is 72.9 cm³/mol. The number of halogens is 2. The summed E-state index contributed by atoms with van der Waals surface area (Å²) in [5, 5.41) is 8.85. The molecule has 3 rings (SSSR count). The lowest BCUT2D eigenvalue weighted by molar-refractivity contribution is 0.0904. The first-order chi connectivity index (χ1) is 10.1. The maximum atomic E-state index is 13.2. The third-order valence-electron chi connectivity index (χ3n) is 3.14. The largest absolute Gasteiger partial charge is 0.388 e. The Hall–Kier alpha value is -2.60. The third-order valence-corrected chi connectivity index (χ3v) is 3.14. The number of nitrogens with one attached hydrogen (secondary N) is 1. The maximum Gasteiger partial charge on any atom is 0.188 e. The highest BCUT2D eigenvalue weighted by molar-refractivity contribution is 5.99. The first-order valence-corrected chi connectivity index (χ1v) is 6.18. The van der Waals surface area contributed by atoms with Gasteiger partial charge in [-0.3, -0.25) is 4.79 Å². The fourth-order valence-corrected chi connectivity index (χ4v) is 2.05. The highest BCUT2D eigenvalue weighted by Gasteiger charge is 2.11. The van der Waals surface area contributed by atoms with Gasteiger partial charge in [-0.15, -0.1) is 0 Å². The topological polar surface area (TPSA) is 66.0 Å². The Bertz CT molecular complexity index is 843. The molecule has 0 atom stereocenters. The number of aromatic nitrogens is 2. The van der Waals surface area contributed by atoms with Crippen LogP contribution in [0.4, 0.5) is 8.78 Å². The Labute approximate surface area is 118 Å². The molecule has 0 saturated heterocycles. The number of carbonyl (C=O) groups excluding carboxylic acids is 1. The number of carbonyl (C=O) groups is 1. The van der Waals surface area contributed by atoms with E-state index in [0.717, 1.165) is 12.1 Å². The number of hydrogen-bond donors (Lipinski definition) is 2. The van der Waals surface area contributed by atoms with E-state index in [4.69, 9.17) is 5.11 Å². The summed E-state index contributed by atoms with van der Waals surface area (Å²) in [5.41, 5.74) is 1.92. The second-order valence-electron chi connectivity index (χ2n) is 4.53. The second-order valence-corrected chi connectivity index (χ2v) is 4.53. The minimum absolute atomic E-state index is 0.352. The number of ketones is 1. The third kappa shape index (κ3) is 2.41. The summed E-state index contributed by atoms with van der Waals surface area (Å²) in [4.78, 5) is 18.6. The van der Waals surface area contributed by atoms with Gasteiger partial charge in [0.1, 0.15) is 12.4 Å². The van der Waals surface area contributed by atoms with Crippen LogP contribution in [-0.2, 0) is 0 Å². The van der Waals surface area contributed by atoms with Crippen molar-refractivity contribution in [2.45, 2.75) is 0 Å². The van der Waals surface area contributed by atoms with Crippen LogP contribution in [0.2, 0.25) is 0 Å². The number of rotatable bonds is 3. The molecule has 3 aromatic rings. The van der Waals surface area contributed by atoms with Crippen molar-refractivity contribution >= 4 is 16.8 Å². The van der Waals surface area contributed by atoms with Gasteiger partial charge in [0.05, 0.1) is 11.0 Å². The van der Waals surface area contributed by atoms with E-state index in [-0.39, 0.29) is 0 Å². The molecule has 1 aromatic heterocycles. The van der Waals surface area contributed by atoms with Crippen LogP contribution in [0.5, 0.6) is 0 Å². The molecule has 4 nitrogen and oxygen atoms in total. The van der Waals surface area contributed by atoms with Crippen molar-refractivity contribution in [1.29, 1.82) is 0 Å². The molecule has 6 heteroatoms. The summed E-state index contributed by atoms with van der Waals surface area (Å²) < 4.78 is 26.2. The molecule has 0 bridgehead atoms. The zero-order valence-electron chi connectivity index (χ0n) is 10.7. The number of aromatic amines is 1. The van der Waals surface area contributed by atoms with Gasteiger partial charge in [-0.1, -0.05) is 0 Å². The number of H-pyrrole nitrogens is 1. The SMILES string of the molecule is O=C(CO)c1ccc2nc(-c3ccc(F)c(F)c3)[nH]c2c1. The van der Waals surface area contributed by atoms with Crippen LogP contribution in [0.3, 0.4) is 0 Å². The van der Waals surface area contributed by atoms with Crippen LogP contribution in [0, 0.1) is 11.6 Å². The number of benzene rings is 2. The van der Waals surface area contributed by atoms with Crippen molar-refractivity contribution in [1.82, 2.24) is 9.97 Å². The van der Waals surface area contributed by atoms with Crippen LogP contribution in [0.25, 0.3) is 22.4 Å². The lowest BCUT2D eigenvalue weighted by atomic mass is 10.1. The molecule has 0 aliphatic rings. The van der Waals surface area contributed by atoms with Crippen molar-refractivity contribution in [2.24, 2.45) is 0 Å². The Morgan fingerprint density at radius 2 is 1.95 bits per heavy atom. The molecule has 0 aliphatic heterocycles. The van der Waals surface area contributed by atoms with E-state index < -0.39 is 24.0 Å². The Kier molecular flexibility index (Phi) is 3.23. The van der Waals surface area contributed by atoms with Gasteiger partial charge >= 0.3 is 0 Å². The molecule has 0 amide bonds. The van der Waals surface area contributed by atoms with Crippen molar-refractivity contribution in [2.75, 3.05) is 6.61 Å². The molecular weight excluding hydrogens is 278 g/mol. The zero-order chi connectivity index (χ0) is 15.0. The molecule has 0 radical (unpaired) electrons. The highest BCUT2D eigenvalue weighted by Crippen LogP contribution is 2.23. The summed E-state index contributed by atoms with van der Waals surface area (Å²) >= 11 is 0. The molecule has 21 heavy (non-hydrogen) atoms. The quantitative estimate of drug-likeness (QED) is 0.728. The number of imidazole rings is 1. The highest BCUT2D eigenvalue weighted by atomic mass is 19.2. The molecule has 0 fully saturated rings. The number of aliphatic hydroxyl groups is 1. The van der Waals surface area contributed by atoms with Gasteiger partial charge in [-0.25, -0.2) is 13.8 Å². The molecule has 2 N–H and O–H groups in total. The summed E-state index contributed by atoms with van der Waals surface area (Å²) in [5.74, 6) is -1.91. The van der Waals surface area contributed by atoms with E-state index >= 15 is 0 Å². The van der Waals surface area contributed by atoms with Crippen LogP contribution >= 0.6 is 0 Å². The van der Waals surface area contributed by atoms with Gasteiger partial charge in [0.2, 0.25) is 0 Å². The Morgan fingerprint density at radius 1 is 1.14 bits per heavy atom. The van der Waals surface area contributed by atoms with Crippen molar-refractivity contribution < 1.29 is 18.7 Å². The van der Waals surface area contributed by atoms with E-state index in [0.29, 0.717) is 28.0 Å². The number of Topliss-reactive ketones (excluding diaryl/α,β-unsaturated/α-hetero) is 1. The Morgan fingerprint density at radius 3 is 2.67 bits per heavy atom. The van der Waals surface area contributed by atoms with Crippen LogP contribution in [-0.4, -0.2) is 27.5 Å². The minimum Gasteiger partial charge on any atom is -0.388 e. The van der Waals surface area contributed by atoms with Gasteiger partial charge < -0.3 is 10.1 Å². The lowest BCUT2D eigenvalue weighted by Gasteiger charge is -1.97. The zero-order valence-corrected chi connectivity index (χ0v) is 10.7. The van der Waals surface area contributed by atoms with Gasteiger partial charge in [-0.2, -0.15) is 0 Å². The molecular formula is C15H10F2N2O2. The molecule has 0 saturated carbocycles. The average molecular weight is 288 g/mol. The minimum atomic E-state index is -0.955. The molecule has 2 aromatic carbocycles. The monoisotopic (exact) mass is 288 g/mol. The smallest absolute Gasteiger partial charge is 0.188 e. The average Bonchev–Trinajstić information content (AvgIpc) is 2.92. The van der Waals surface area contributed by atoms with Crippen molar-refractivity contribution in [3.63, 3.8) is 0 Å². The molecule has 106 valence electrons. The fourth-order valence-electron chi connectivity index (χ4n) is 2.05. The van der Waals surface area contributed by atoms with Crippen molar-refractivity contribution in [3.05, 3.63) is 53.6 Å². The van der Waals surface area contributed by atoms with Gasteiger partial charge in [0.25, 0.3) is 0 Å². The molecule has 1 heterocycles.